The lowest BCUT2D eigenvalue weighted by Crippen LogP contribution is -2.00. The van der Waals surface area contributed by atoms with E-state index in [1.807, 2.05) is 0 Å². The Morgan fingerprint density at radius 2 is 2.44 bits per heavy atom. The Kier molecular flexibility index (Phi) is 1.85. The third kappa shape index (κ3) is 1.54. The van der Waals surface area contributed by atoms with Crippen molar-refractivity contribution in [2.75, 3.05) is 0 Å². The molecule has 4 heteroatoms. The zero-order chi connectivity index (χ0) is 6.69. The predicted molar refractivity (Wildman–Crippen MR) is 37.4 cm³/mol. The summed E-state index contributed by atoms with van der Waals surface area (Å²) in [7, 11) is 2.06. The first-order valence-electron chi connectivity index (χ1n) is 2.38. The van der Waals surface area contributed by atoms with Crippen LogP contribution in [0.2, 0.25) is 0 Å². The van der Waals surface area contributed by atoms with Gasteiger partial charge in [0.2, 0.25) is 0 Å². The minimum Gasteiger partial charge on any atom is -0.480 e. The molecule has 0 aliphatic rings. The molecule has 0 radical (unpaired) electrons. The molecule has 1 heterocycles. The Morgan fingerprint density at radius 1 is 1.67 bits per heavy atom. The lowest BCUT2D eigenvalue weighted by atomic mass is 10.5. The van der Waals surface area contributed by atoms with E-state index >= 15 is 0 Å². The Morgan fingerprint density at radius 3 is 2.89 bits per heavy atom. The van der Waals surface area contributed by atoms with Crippen LogP contribution in [-0.2, 0) is 0 Å². The summed E-state index contributed by atoms with van der Waals surface area (Å²) in [6.45, 7) is 0. The van der Waals surface area contributed by atoms with Gasteiger partial charge in [-0.15, -0.1) is 0 Å². The van der Waals surface area contributed by atoms with Crippen LogP contribution in [0.3, 0.4) is 0 Å². The average molecular weight is 143 g/mol. The summed E-state index contributed by atoms with van der Waals surface area (Å²) in [6, 6.07) is 3.03. The smallest absolute Gasteiger partial charge is 0.251 e. The summed E-state index contributed by atoms with van der Waals surface area (Å²) in [6.07, 6.45) is 1.53. The molecule has 0 aliphatic carbocycles. The van der Waals surface area contributed by atoms with E-state index in [-0.39, 0.29) is 5.56 Å². The summed E-state index contributed by atoms with van der Waals surface area (Å²) in [5, 5.41) is 0. The SMILES string of the molecule is O=c1cc(OP)cc[nH]1. The molecule has 0 aromatic carbocycles. The van der Waals surface area contributed by atoms with Crippen molar-refractivity contribution in [3.05, 3.63) is 28.7 Å². The van der Waals surface area contributed by atoms with Crippen LogP contribution < -0.4 is 10.1 Å². The summed E-state index contributed by atoms with van der Waals surface area (Å²) in [5.41, 5.74) is -0.157. The Labute approximate surface area is 54.3 Å². The van der Waals surface area contributed by atoms with Crippen LogP contribution in [0.4, 0.5) is 0 Å². The van der Waals surface area contributed by atoms with Crippen molar-refractivity contribution in [3.63, 3.8) is 0 Å². The van der Waals surface area contributed by atoms with Crippen LogP contribution in [0.25, 0.3) is 0 Å². The van der Waals surface area contributed by atoms with Crippen LogP contribution >= 0.6 is 9.47 Å². The number of hydrogen-bond donors (Lipinski definition) is 1. The van der Waals surface area contributed by atoms with Gasteiger partial charge < -0.3 is 9.51 Å². The van der Waals surface area contributed by atoms with Crippen molar-refractivity contribution in [2.24, 2.45) is 0 Å². The fourth-order valence-electron chi connectivity index (χ4n) is 0.498. The molecule has 0 fully saturated rings. The zero-order valence-electron chi connectivity index (χ0n) is 4.63. The van der Waals surface area contributed by atoms with E-state index in [2.05, 4.69) is 14.5 Å². The summed E-state index contributed by atoms with van der Waals surface area (Å²) < 4.78 is 4.69. The van der Waals surface area contributed by atoms with Gasteiger partial charge in [0.05, 0.1) is 9.47 Å². The van der Waals surface area contributed by atoms with Crippen molar-refractivity contribution in [1.29, 1.82) is 0 Å². The summed E-state index contributed by atoms with van der Waals surface area (Å²) in [4.78, 5) is 13.0. The number of aromatic nitrogens is 1. The molecule has 0 bridgehead atoms. The van der Waals surface area contributed by atoms with Gasteiger partial charge >= 0.3 is 0 Å². The third-order valence-electron chi connectivity index (χ3n) is 0.883. The maximum atomic E-state index is 10.5. The van der Waals surface area contributed by atoms with E-state index in [9.17, 15) is 4.79 Å². The highest BCUT2D eigenvalue weighted by Gasteiger charge is 1.86. The first-order chi connectivity index (χ1) is 4.33. The van der Waals surface area contributed by atoms with Gasteiger partial charge in [-0.25, -0.2) is 0 Å². The lowest BCUT2D eigenvalue weighted by Gasteiger charge is -1.93. The van der Waals surface area contributed by atoms with Gasteiger partial charge in [0, 0.05) is 12.3 Å². The predicted octanol–water partition coefficient (Wildman–Crippen LogP) is 0.544. The molecule has 0 aliphatic heterocycles. The molecular weight excluding hydrogens is 137 g/mol. The van der Waals surface area contributed by atoms with E-state index in [0.29, 0.717) is 5.75 Å². The van der Waals surface area contributed by atoms with Crippen LogP contribution in [0.5, 0.6) is 5.75 Å². The van der Waals surface area contributed by atoms with Crippen LogP contribution in [0, 0.1) is 0 Å². The monoisotopic (exact) mass is 143 g/mol. The van der Waals surface area contributed by atoms with E-state index in [4.69, 9.17) is 4.52 Å². The molecule has 48 valence electrons. The van der Waals surface area contributed by atoms with Crippen molar-refractivity contribution >= 4 is 9.47 Å². The Bertz CT molecular complexity index is 245. The van der Waals surface area contributed by atoms with Crippen molar-refractivity contribution in [3.8, 4) is 5.75 Å². The molecule has 1 atom stereocenters. The van der Waals surface area contributed by atoms with Crippen LogP contribution in [0.1, 0.15) is 0 Å². The minimum absolute atomic E-state index is 0.157. The number of nitrogens with one attached hydrogen (secondary N) is 1. The molecule has 3 nitrogen and oxygen atoms in total. The molecule has 1 unspecified atom stereocenters. The van der Waals surface area contributed by atoms with Crippen LogP contribution in [0.15, 0.2) is 23.1 Å². The molecule has 0 amide bonds. The maximum Gasteiger partial charge on any atom is 0.251 e. The maximum absolute atomic E-state index is 10.5. The highest BCUT2D eigenvalue weighted by Crippen LogP contribution is 2.06. The molecule has 0 spiro atoms. The van der Waals surface area contributed by atoms with E-state index < -0.39 is 0 Å². The normalized spacial score (nSPS) is 9.00. The highest BCUT2D eigenvalue weighted by molar-refractivity contribution is 7.10. The molecule has 0 saturated carbocycles. The quantitative estimate of drug-likeness (QED) is 0.583. The Hall–Kier alpha value is -0.820. The largest absolute Gasteiger partial charge is 0.480 e. The molecule has 1 rings (SSSR count). The lowest BCUT2D eigenvalue weighted by molar-refractivity contribution is 0.643. The number of rotatable bonds is 1. The standard InChI is InChI=1S/C5H6NO2P/c7-5-3-4(8-9)1-2-6-5/h1-3H,9H2,(H,6,7). The first kappa shape index (κ1) is 6.30. The minimum atomic E-state index is -0.157. The summed E-state index contributed by atoms with van der Waals surface area (Å²) in [5.74, 6) is 0.545. The van der Waals surface area contributed by atoms with Crippen molar-refractivity contribution < 1.29 is 4.52 Å². The fourth-order valence-corrected chi connectivity index (χ4v) is 0.645. The molecule has 1 aromatic heterocycles. The van der Waals surface area contributed by atoms with E-state index in [1.54, 1.807) is 6.07 Å². The number of aromatic amines is 1. The van der Waals surface area contributed by atoms with Gasteiger partial charge in [-0.3, -0.25) is 4.79 Å². The van der Waals surface area contributed by atoms with Gasteiger partial charge in [-0.1, -0.05) is 0 Å². The van der Waals surface area contributed by atoms with E-state index in [0.717, 1.165) is 0 Å². The fraction of sp³-hybridized carbons (Fsp3) is 0. The average Bonchev–Trinajstić information content (AvgIpc) is 1.88. The second kappa shape index (κ2) is 2.65. The summed E-state index contributed by atoms with van der Waals surface area (Å²) >= 11 is 0. The number of H-pyrrole nitrogens is 1. The Balaban J connectivity index is 3.08. The highest BCUT2D eigenvalue weighted by atomic mass is 31.0. The molecule has 1 N–H and O–H groups in total. The van der Waals surface area contributed by atoms with Crippen LogP contribution in [-0.4, -0.2) is 4.98 Å². The second-order valence-corrected chi connectivity index (χ2v) is 1.74. The van der Waals surface area contributed by atoms with E-state index in [1.165, 1.54) is 12.3 Å². The first-order valence-corrected chi connectivity index (χ1v) is 2.85. The third-order valence-corrected chi connectivity index (χ3v) is 1.15. The second-order valence-electron chi connectivity index (χ2n) is 1.51. The molecule has 9 heavy (non-hydrogen) atoms. The van der Waals surface area contributed by atoms with Gasteiger partial charge in [0.1, 0.15) is 5.75 Å². The molecule has 1 aromatic rings. The van der Waals surface area contributed by atoms with Gasteiger partial charge in [0.15, 0.2) is 0 Å². The zero-order valence-corrected chi connectivity index (χ0v) is 5.78. The van der Waals surface area contributed by atoms with Crippen molar-refractivity contribution in [2.45, 2.75) is 0 Å². The topological polar surface area (TPSA) is 42.1 Å². The number of pyridine rings is 1. The molecular formula is C5H6NO2P. The number of hydrogen-bond acceptors (Lipinski definition) is 2. The molecule has 0 saturated heterocycles. The van der Waals surface area contributed by atoms with Gasteiger partial charge in [0.25, 0.3) is 5.56 Å². The van der Waals surface area contributed by atoms with Gasteiger partial charge in [-0.05, 0) is 6.07 Å². The van der Waals surface area contributed by atoms with Gasteiger partial charge in [-0.2, -0.15) is 0 Å². The van der Waals surface area contributed by atoms with Crippen molar-refractivity contribution in [1.82, 2.24) is 4.98 Å².